The van der Waals surface area contributed by atoms with E-state index in [4.69, 9.17) is 10.5 Å². The molecule has 1 saturated heterocycles. The first-order valence-electron chi connectivity index (χ1n) is 8.63. The van der Waals surface area contributed by atoms with Crippen molar-refractivity contribution in [2.24, 2.45) is 5.92 Å². The topological polar surface area (TPSA) is 93.4 Å². The van der Waals surface area contributed by atoms with Gasteiger partial charge in [0.25, 0.3) is 0 Å². The van der Waals surface area contributed by atoms with Gasteiger partial charge in [0.2, 0.25) is 0 Å². The van der Waals surface area contributed by atoms with E-state index in [9.17, 15) is 4.79 Å². The molecule has 1 aromatic heterocycles. The fourth-order valence-corrected chi connectivity index (χ4v) is 3.26. The summed E-state index contributed by atoms with van der Waals surface area (Å²) in [5.41, 5.74) is 7.70. The molecule has 0 spiro atoms. The average molecular weight is 420 g/mol. The van der Waals surface area contributed by atoms with Crippen LogP contribution in [0.25, 0.3) is 0 Å². The summed E-state index contributed by atoms with van der Waals surface area (Å²) in [7, 11) is 0. The number of carbonyl (C=O) groups excluding carboxylic acids is 1. The number of nitrogens with two attached hydrogens (primary N) is 1. The molecule has 0 aliphatic carbocycles. The predicted molar refractivity (Wildman–Crippen MR) is 105 cm³/mol. The van der Waals surface area contributed by atoms with E-state index in [-0.39, 0.29) is 11.9 Å². The lowest BCUT2D eigenvalue weighted by Crippen LogP contribution is -2.37. The number of nitrogen functional groups attached to an aromatic ring is 1. The Morgan fingerprint density at radius 1 is 1.31 bits per heavy atom. The number of carbonyl (C=O) groups is 1. The Morgan fingerprint density at radius 3 is 2.65 bits per heavy atom. The van der Waals surface area contributed by atoms with Crippen molar-refractivity contribution in [1.29, 1.82) is 0 Å². The van der Waals surface area contributed by atoms with Crippen molar-refractivity contribution >= 4 is 44.9 Å². The molecule has 0 unspecified atom stereocenters. The Bertz CT molecular complexity index is 761. The predicted octanol–water partition coefficient (Wildman–Crippen LogP) is 3.34. The number of anilines is 4. The van der Waals surface area contributed by atoms with Crippen molar-refractivity contribution < 1.29 is 9.53 Å². The van der Waals surface area contributed by atoms with Crippen LogP contribution in [-0.4, -0.2) is 35.6 Å². The van der Waals surface area contributed by atoms with Gasteiger partial charge in [0.15, 0.2) is 11.6 Å². The number of ether oxygens (including phenoxy) is 1. The van der Waals surface area contributed by atoms with Crippen LogP contribution >= 0.6 is 15.9 Å². The van der Waals surface area contributed by atoms with Gasteiger partial charge in [-0.05, 0) is 44.0 Å². The van der Waals surface area contributed by atoms with Crippen LogP contribution in [0.1, 0.15) is 19.8 Å². The van der Waals surface area contributed by atoms with Gasteiger partial charge in [-0.3, -0.25) is 4.79 Å². The van der Waals surface area contributed by atoms with Crippen molar-refractivity contribution in [3.63, 3.8) is 0 Å². The summed E-state index contributed by atoms with van der Waals surface area (Å²) in [4.78, 5) is 22.6. The maximum absolute atomic E-state index is 11.9. The van der Waals surface area contributed by atoms with Gasteiger partial charge in [0.05, 0.1) is 12.5 Å². The molecule has 3 N–H and O–H groups in total. The van der Waals surface area contributed by atoms with Gasteiger partial charge in [-0.15, -0.1) is 0 Å². The normalized spacial score (nSPS) is 14.9. The van der Waals surface area contributed by atoms with Crippen LogP contribution < -0.4 is 16.0 Å². The highest BCUT2D eigenvalue weighted by atomic mass is 79.9. The molecule has 1 aliphatic heterocycles. The third-order valence-corrected chi connectivity index (χ3v) is 4.91. The number of piperidine rings is 1. The fraction of sp³-hybridized carbons (Fsp3) is 0.389. The van der Waals surface area contributed by atoms with Crippen molar-refractivity contribution in [2.75, 3.05) is 35.6 Å². The summed E-state index contributed by atoms with van der Waals surface area (Å²) in [5.74, 6) is 1.11. The van der Waals surface area contributed by atoms with E-state index in [1.807, 2.05) is 31.2 Å². The molecular weight excluding hydrogens is 398 g/mol. The quantitative estimate of drug-likeness (QED) is 0.717. The Hall–Kier alpha value is -2.35. The lowest BCUT2D eigenvalue weighted by Gasteiger charge is -2.32. The zero-order valence-electron chi connectivity index (χ0n) is 14.6. The molecule has 2 heterocycles. The molecule has 1 fully saturated rings. The Kier molecular flexibility index (Phi) is 5.92. The van der Waals surface area contributed by atoms with Crippen LogP contribution in [0.3, 0.4) is 0 Å². The van der Waals surface area contributed by atoms with Crippen molar-refractivity contribution in [3.05, 3.63) is 35.1 Å². The molecule has 8 heteroatoms. The Morgan fingerprint density at radius 2 is 2.00 bits per heavy atom. The maximum atomic E-state index is 11.9. The van der Waals surface area contributed by atoms with Gasteiger partial charge in [-0.25, -0.2) is 9.97 Å². The van der Waals surface area contributed by atoms with E-state index in [1.54, 1.807) is 0 Å². The van der Waals surface area contributed by atoms with E-state index in [0.717, 1.165) is 23.0 Å². The number of nitrogens with one attached hydrogen (secondary N) is 1. The third-order valence-electron chi connectivity index (χ3n) is 4.38. The largest absolute Gasteiger partial charge is 0.466 e. The van der Waals surface area contributed by atoms with Gasteiger partial charge in [0.1, 0.15) is 12.0 Å². The standard InChI is InChI=1S/C18H22BrN5O2/c1-2-26-18(25)12-7-9-24(10-8-12)17-15(20)16(21-11-22-17)23-14-5-3-13(19)4-6-14/h3-6,11-12H,2,7-10,20H2,1H3,(H,21,22,23). The molecule has 0 saturated carbocycles. The fourth-order valence-electron chi connectivity index (χ4n) is 2.99. The second kappa shape index (κ2) is 8.35. The molecule has 26 heavy (non-hydrogen) atoms. The molecule has 0 amide bonds. The highest BCUT2D eigenvalue weighted by molar-refractivity contribution is 9.10. The molecule has 1 aromatic carbocycles. The average Bonchev–Trinajstić information content (AvgIpc) is 2.66. The molecule has 0 atom stereocenters. The summed E-state index contributed by atoms with van der Waals surface area (Å²) < 4.78 is 6.12. The molecule has 138 valence electrons. The van der Waals surface area contributed by atoms with Gasteiger partial charge in [0, 0.05) is 23.2 Å². The van der Waals surface area contributed by atoms with Crippen molar-refractivity contribution in [1.82, 2.24) is 9.97 Å². The van der Waals surface area contributed by atoms with Crippen LogP contribution in [0, 0.1) is 5.92 Å². The first kappa shape index (κ1) is 18.4. The third kappa shape index (κ3) is 4.24. The lowest BCUT2D eigenvalue weighted by molar-refractivity contribution is -0.148. The number of halogens is 1. The smallest absolute Gasteiger partial charge is 0.309 e. The van der Waals surface area contributed by atoms with Crippen LogP contribution in [0.5, 0.6) is 0 Å². The van der Waals surface area contributed by atoms with Gasteiger partial charge in [-0.1, -0.05) is 15.9 Å². The monoisotopic (exact) mass is 419 g/mol. The van der Waals surface area contributed by atoms with Gasteiger partial charge < -0.3 is 20.7 Å². The van der Waals surface area contributed by atoms with E-state index in [0.29, 0.717) is 37.0 Å². The van der Waals surface area contributed by atoms with Crippen LogP contribution in [0.15, 0.2) is 35.1 Å². The molecular formula is C18H22BrN5O2. The highest BCUT2D eigenvalue weighted by Crippen LogP contribution is 2.31. The minimum absolute atomic E-state index is 0.0466. The number of nitrogens with zero attached hydrogens (tertiary/aromatic N) is 3. The number of hydrogen-bond donors (Lipinski definition) is 2. The summed E-state index contributed by atoms with van der Waals surface area (Å²) >= 11 is 3.42. The summed E-state index contributed by atoms with van der Waals surface area (Å²) in [6.45, 7) is 3.67. The van der Waals surface area contributed by atoms with E-state index in [2.05, 4.69) is 36.1 Å². The molecule has 2 aromatic rings. The first-order chi connectivity index (χ1) is 12.6. The molecule has 0 bridgehead atoms. The molecule has 7 nitrogen and oxygen atoms in total. The second-order valence-corrected chi connectivity index (χ2v) is 7.02. The minimum atomic E-state index is -0.111. The first-order valence-corrected chi connectivity index (χ1v) is 9.42. The van der Waals surface area contributed by atoms with Gasteiger partial charge >= 0.3 is 5.97 Å². The van der Waals surface area contributed by atoms with Crippen LogP contribution in [-0.2, 0) is 9.53 Å². The van der Waals surface area contributed by atoms with E-state index >= 15 is 0 Å². The van der Waals surface area contributed by atoms with Crippen molar-refractivity contribution in [2.45, 2.75) is 19.8 Å². The molecule has 3 rings (SSSR count). The number of hydrogen-bond acceptors (Lipinski definition) is 7. The SMILES string of the molecule is CCOC(=O)C1CCN(c2ncnc(Nc3ccc(Br)cc3)c2N)CC1. The zero-order valence-corrected chi connectivity index (χ0v) is 16.2. The highest BCUT2D eigenvalue weighted by Gasteiger charge is 2.27. The Labute approximate surface area is 161 Å². The molecule has 1 aliphatic rings. The van der Waals surface area contributed by atoms with E-state index < -0.39 is 0 Å². The summed E-state index contributed by atoms with van der Waals surface area (Å²) in [6.07, 6.45) is 2.97. The number of rotatable bonds is 5. The van der Waals surface area contributed by atoms with Gasteiger partial charge in [-0.2, -0.15) is 0 Å². The van der Waals surface area contributed by atoms with E-state index in [1.165, 1.54) is 6.33 Å². The minimum Gasteiger partial charge on any atom is -0.466 e. The van der Waals surface area contributed by atoms with Crippen LogP contribution in [0.2, 0.25) is 0 Å². The maximum Gasteiger partial charge on any atom is 0.309 e. The Balaban J connectivity index is 1.70. The summed E-state index contributed by atoms with van der Waals surface area (Å²) in [5, 5.41) is 3.22. The second-order valence-electron chi connectivity index (χ2n) is 6.10. The van der Waals surface area contributed by atoms with Crippen molar-refractivity contribution in [3.8, 4) is 0 Å². The number of esters is 1. The summed E-state index contributed by atoms with van der Waals surface area (Å²) in [6, 6.07) is 7.77. The van der Waals surface area contributed by atoms with Crippen LogP contribution in [0.4, 0.5) is 23.0 Å². The zero-order chi connectivity index (χ0) is 18.5. The number of benzene rings is 1. The molecule has 0 radical (unpaired) electrons. The lowest BCUT2D eigenvalue weighted by atomic mass is 9.97. The number of aromatic nitrogens is 2.